The van der Waals surface area contributed by atoms with Gasteiger partial charge in [-0.05, 0) is 116 Å². The topological polar surface area (TPSA) is 155 Å². The predicted molar refractivity (Wildman–Crippen MR) is 307 cm³/mol. The zero-order valence-electron chi connectivity index (χ0n) is 46.8. The number of phosphoric ester groups is 1. The first-order valence-corrected chi connectivity index (χ1v) is 30.6. The van der Waals surface area contributed by atoms with Gasteiger partial charge in [0.25, 0.3) is 0 Å². The summed E-state index contributed by atoms with van der Waals surface area (Å²) >= 11 is 0. The third-order valence-electron chi connectivity index (χ3n) is 12.0. The molecule has 2 N–H and O–H groups in total. The Balaban J connectivity index is 4.78. The SMILES string of the molecule is CC/C=C\C/C=C\C/C=C\CCCCCCCCCC(=O)OC(COC(=O)CCCCCCC/C=C\C/C=C\C/C=C\CC)COP(=O)(O)OCC(CO)OC(=O)CCCCCCC/C=C\C/C=C\CCCCC. The fourth-order valence-corrected chi connectivity index (χ4v) is 8.37. The molecule has 0 aromatic rings. The van der Waals surface area contributed by atoms with E-state index < -0.39 is 57.8 Å². The van der Waals surface area contributed by atoms with E-state index in [4.69, 9.17) is 23.3 Å². The van der Waals surface area contributed by atoms with Crippen LogP contribution in [0.4, 0.5) is 0 Å². The normalized spacial score (nSPS) is 14.1. The summed E-state index contributed by atoms with van der Waals surface area (Å²) in [6, 6.07) is 0. The highest BCUT2D eigenvalue weighted by Crippen LogP contribution is 2.43. The van der Waals surface area contributed by atoms with Crippen LogP contribution in [0.25, 0.3) is 0 Å². The lowest BCUT2D eigenvalue weighted by atomic mass is 10.1. The maximum atomic E-state index is 12.9. The molecular weight excluding hydrogens is 952 g/mol. The second-order valence-corrected chi connectivity index (χ2v) is 20.5. The second kappa shape index (κ2) is 55.6. The summed E-state index contributed by atoms with van der Waals surface area (Å²) in [5.74, 6) is -1.51. The van der Waals surface area contributed by atoms with Crippen molar-refractivity contribution in [3.63, 3.8) is 0 Å². The largest absolute Gasteiger partial charge is 0.472 e. The first-order chi connectivity index (χ1) is 36.2. The van der Waals surface area contributed by atoms with Crippen molar-refractivity contribution in [3.05, 3.63) is 97.2 Å². The lowest BCUT2D eigenvalue weighted by molar-refractivity contribution is -0.161. The number of aliphatic hydroxyl groups excluding tert-OH is 1. The molecule has 0 spiro atoms. The number of esters is 3. The van der Waals surface area contributed by atoms with Crippen LogP contribution in [0.2, 0.25) is 0 Å². The molecule has 3 unspecified atom stereocenters. The van der Waals surface area contributed by atoms with E-state index >= 15 is 0 Å². The predicted octanol–water partition coefficient (Wildman–Crippen LogP) is 17.3. The molecule has 0 rings (SSSR count). The first kappa shape index (κ1) is 70.4. The molecule has 0 aromatic heterocycles. The summed E-state index contributed by atoms with van der Waals surface area (Å²) in [6.45, 7) is 4.35. The summed E-state index contributed by atoms with van der Waals surface area (Å²) < 4.78 is 39.5. The van der Waals surface area contributed by atoms with Crippen molar-refractivity contribution in [3.8, 4) is 0 Å². The van der Waals surface area contributed by atoms with Crippen molar-refractivity contribution in [1.29, 1.82) is 0 Å². The minimum absolute atomic E-state index is 0.147. The third kappa shape index (κ3) is 53.2. The van der Waals surface area contributed by atoms with Crippen LogP contribution in [0.3, 0.4) is 0 Å². The van der Waals surface area contributed by atoms with Gasteiger partial charge >= 0.3 is 25.7 Å². The fraction of sp³-hybridized carbons (Fsp3) is 0.694. The smallest absolute Gasteiger partial charge is 0.462 e. The lowest BCUT2D eigenvalue weighted by Crippen LogP contribution is -2.30. The summed E-state index contributed by atoms with van der Waals surface area (Å²) in [5.41, 5.74) is 0. The molecule has 0 aliphatic carbocycles. The van der Waals surface area contributed by atoms with Crippen LogP contribution in [-0.4, -0.2) is 66.5 Å². The van der Waals surface area contributed by atoms with Gasteiger partial charge in [0, 0.05) is 19.3 Å². The molecule has 424 valence electrons. The van der Waals surface area contributed by atoms with E-state index in [1.807, 2.05) is 0 Å². The van der Waals surface area contributed by atoms with Crippen LogP contribution < -0.4 is 0 Å². The number of hydrogen-bond acceptors (Lipinski definition) is 10. The van der Waals surface area contributed by atoms with Gasteiger partial charge in [-0.1, -0.05) is 201 Å². The van der Waals surface area contributed by atoms with Gasteiger partial charge in [-0.3, -0.25) is 23.4 Å². The van der Waals surface area contributed by atoms with E-state index in [1.54, 1.807) is 0 Å². The number of phosphoric acid groups is 1. The zero-order chi connectivity index (χ0) is 54.1. The molecule has 12 heteroatoms. The highest BCUT2D eigenvalue weighted by atomic mass is 31.2. The Morgan fingerprint density at radius 2 is 0.703 bits per heavy atom. The standard InChI is InChI=1S/C62H105O11P/c1-4-7-10-13-16-19-22-25-28-29-32-35-38-41-44-47-50-53-62(66)73-59(55-69-60(64)51-48-45-42-39-36-33-30-26-23-20-17-14-11-8-5-2)57-71-74(67,68)70-56-58(54-63)72-61(65)52-49-46-43-40-37-34-31-27-24-21-18-15-12-9-6-3/h7-8,10-11,16-21,25-28,30-31,58-59,63H,4-6,9,12-15,22-24,29,32-57H2,1-3H3,(H,67,68)/b10-7-,11-8-,19-16-,20-17-,21-18-,28-25-,30-26-,31-27-. The second-order valence-electron chi connectivity index (χ2n) is 19.0. The highest BCUT2D eigenvalue weighted by Gasteiger charge is 2.28. The van der Waals surface area contributed by atoms with Gasteiger partial charge < -0.3 is 24.2 Å². The Kier molecular flexibility index (Phi) is 52.9. The van der Waals surface area contributed by atoms with Crippen LogP contribution in [0.5, 0.6) is 0 Å². The number of aliphatic hydroxyl groups is 1. The van der Waals surface area contributed by atoms with Crippen molar-refractivity contribution < 1.29 is 52.2 Å². The molecule has 0 fully saturated rings. The Labute approximate surface area is 451 Å². The van der Waals surface area contributed by atoms with Gasteiger partial charge in [0.05, 0.1) is 19.8 Å². The molecule has 0 amide bonds. The Bertz CT molecular complexity index is 1610. The van der Waals surface area contributed by atoms with Crippen LogP contribution in [0.1, 0.15) is 239 Å². The Hall–Kier alpha value is -3.60. The van der Waals surface area contributed by atoms with Crippen molar-refractivity contribution in [1.82, 2.24) is 0 Å². The van der Waals surface area contributed by atoms with E-state index in [-0.39, 0.29) is 25.9 Å². The number of hydrogen-bond donors (Lipinski definition) is 2. The number of carbonyl (C=O) groups excluding carboxylic acids is 3. The molecular formula is C62H105O11P. The van der Waals surface area contributed by atoms with Gasteiger partial charge in [0.1, 0.15) is 12.7 Å². The molecule has 0 saturated carbocycles. The molecule has 0 heterocycles. The van der Waals surface area contributed by atoms with Crippen molar-refractivity contribution in [2.75, 3.05) is 26.4 Å². The van der Waals surface area contributed by atoms with Crippen LogP contribution >= 0.6 is 7.82 Å². The quantitative estimate of drug-likeness (QED) is 0.0197. The first-order valence-electron chi connectivity index (χ1n) is 29.1. The van der Waals surface area contributed by atoms with E-state index in [9.17, 15) is 28.9 Å². The minimum atomic E-state index is -4.76. The van der Waals surface area contributed by atoms with E-state index in [0.29, 0.717) is 19.3 Å². The van der Waals surface area contributed by atoms with E-state index in [0.717, 1.165) is 154 Å². The summed E-state index contributed by atoms with van der Waals surface area (Å²) in [5, 5.41) is 9.82. The lowest BCUT2D eigenvalue weighted by Gasteiger charge is -2.21. The van der Waals surface area contributed by atoms with E-state index in [1.165, 1.54) is 25.7 Å². The molecule has 74 heavy (non-hydrogen) atoms. The van der Waals surface area contributed by atoms with Crippen LogP contribution in [0, 0.1) is 0 Å². The molecule has 0 aliphatic heterocycles. The molecule has 0 aromatic carbocycles. The van der Waals surface area contributed by atoms with Gasteiger partial charge in [0.15, 0.2) is 6.10 Å². The van der Waals surface area contributed by atoms with Gasteiger partial charge in [0.2, 0.25) is 0 Å². The summed E-state index contributed by atoms with van der Waals surface area (Å²) in [7, 11) is -4.76. The van der Waals surface area contributed by atoms with Crippen molar-refractivity contribution in [2.24, 2.45) is 0 Å². The molecule has 11 nitrogen and oxygen atoms in total. The van der Waals surface area contributed by atoms with Crippen molar-refractivity contribution >= 4 is 25.7 Å². The molecule has 0 radical (unpaired) electrons. The van der Waals surface area contributed by atoms with Crippen LogP contribution in [-0.2, 0) is 42.2 Å². The monoisotopic (exact) mass is 1060 g/mol. The Morgan fingerprint density at radius 3 is 1.08 bits per heavy atom. The summed E-state index contributed by atoms with van der Waals surface area (Å²) in [6.07, 6.45) is 65.0. The Morgan fingerprint density at radius 1 is 0.392 bits per heavy atom. The summed E-state index contributed by atoms with van der Waals surface area (Å²) in [4.78, 5) is 48.6. The maximum absolute atomic E-state index is 12.9. The average molecular weight is 1060 g/mol. The number of ether oxygens (including phenoxy) is 3. The third-order valence-corrected chi connectivity index (χ3v) is 12.9. The van der Waals surface area contributed by atoms with E-state index in [2.05, 4.69) is 118 Å². The number of rotatable bonds is 53. The number of carbonyl (C=O) groups is 3. The number of allylic oxidation sites excluding steroid dienone is 16. The highest BCUT2D eigenvalue weighted by molar-refractivity contribution is 7.47. The maximum Gasteiger partial charge on any atom is 0.472 e. The molecule has 0 bridgehead atoms. The minimum Gasteiger partial charge on any atom is -0.462 e. The van der Waals surface area contributed by atoms with Crippen LogP contribution in [0.15, 0.2) is 97.2 Å². The van der Waals surface area contributed by atoms with Crippen molar-refractivity contribution in [2.45, 2.75) is 251 Å². The molecule has 3 atom stereocenters. The van der Waals surface area contributed by atoms with Gasteiger partial charge in [-0.15, -0.1) is 0 Å². The average Bonchev–Trinajstić information content (AvgIpc) is 3.39. The molecule has 0 aliphatic rings. The number of unbranched alkanes of at least 4 members (excludes halogenated alkanes) is 20. The molecule has 0 saturated heterocycles. The zero-order valence-corrected chi connectivity index (χ0v) is 47.7. The van der Waals surface area contributed by atoms with Gasteiger partial charge in [-0.2, -0.15) is 0 Å². The fourth-order valence-electron chi connectivity index (χ4n) is 7.59. The van der Waals surface area contributed by atoms with Gasteiger partial charge in [-0.25, -0.2) is 4.57 Å².